The molecule has 0 unspecified atom stereocenters. The van der Waals surface area contributed by atoms with Gasteiger partial charge in [-0.1, -0.05) is 0 Å². The Labute approximate surface area is 118 Å². The maximum atomic E-state index is 11.7. The second kappa shape index (κ2) is 6.98. The summed E-state index contributed by atoms with van der Waals surface area (Å²) in [6.07, 6.45) is 0. The Balaban J connectivity index is 3.00. The molecule has 0 spiro atoms. The van der Waals surface area contributed by atoms with E-state index in [4.69, 9.17) is 14.6 Å². The summed E-state index contributed by atoms with van der Waals surface area (Å²) in [5, 5.41) is 10.8. The van der Waals surface area contributed by atoms with Crippen LogP contribution in [0.25, 0.3) is 0 Å². The maximum absolute atomic E-state index is 11.7. The molecule has 0 saturated heterocycles. The third-order valence-corrected chi connectivity index (χ3v) is 2.77. The van der Waals surface area contributed by atoms with Gasteiger partial charge in [0.2, 0.25) is 0 Å². The lowest BCUT2D eigenvalue weighted by atomic mass is 10.2. The predicted octanol–water partition coefficient (Wildman–Crippen LogP) is 1.67. The number of rotatable bonds is 6. The molecule has 1 aromatic carbocycles. The van der Waals surface area contributed by atoms with Gasteiger partial charge < -0.3 is 19.9 Å². The van der Waals surface area contributed by atoms with Crippen LogP contribution in [-0.2, 0) is 4.79 Å². The third-order valence-electron chi connectivity index (χ3n) is 2.18. The fraction of sp³-hybridized carbons (Fsp3) is 0.333. The summed E-state index contributed by atoms with van der Waals surface area (Å²) < 4.78 is 11.1. The zero-order valence-electron chi connectivity index (χ0n) is 10.5. The van der Waals surface area contributed by atoms with Crippen molar-refractivity contribution in [1.82, 2.24) is 5.32 Å². The Kier molecular flexibility index (Phi) is 5.62. The van der Waals surface area contributed by atoms with Crippen molar-refractivity contribution in [3.63, 3.8) is 0 Å². The molecule has 0 heterocycles. The minimum atomic E-state index is -1.11. The van der Waals surface area contributed by atoms with Gasteiger partial charge in [0, 0.05) is 5.56 Å². The number of amides is 1. The van der Waals surface area contributed by atoms with E-state index in [1.807, 2.05) is 6.92 Å². The van der Waals surface area contributed by atoms with E-state index in [1.165, 1.54) is 13.2 Å². The zero-order chi connectivity index (χ0) is 14.4. The lowest BCUT2D eigenvalue weighted by Crippen LogP contribution is -2.29. The number of hydrogen-bond acceptors (Lipinski definition) is 4. The number of nitrogens with one attached hydrogen (secondary N) is 1. The van der Waals surface area contributed by atoms with Crippen LogP contribution in [0.5, 0.6) is 11.5 Å². The van der Waals surface area contributed by atoms with Gasteiger partial charge in [0.15, 0.2) is 11.5 Å². The standard InChI is InChI=1S/C12H14BrNO5/c1-3-19-11-8(13)4-7(5-9(11)18-2)12(17)14-6-10(15)16/h4-5H,3,6H2,1-2H3,(H,14,17)(H,15,16). The van der Waals surface area contributed by atoms with Gasteiger partial charge in [0.05, 0.1) is 18.2 Å². The Bertz CT molecular complexity index is 489. The largest absolute Gasteiger partial charge is 0.493 e. The Morgan fingerprint density at radius 1 is 1.42 bits per heavy atom. The van der Waals surface area contributed by atoms with Crippen LogP contribution >= 0.6 is 15.9 Å². The maximum Gasteiger partial charge on any atom is 0.322 e. The summed E-state index contributed by atoms with van der Waals surface area (Å²) in [5.74, 6) is -0.703. The van der Waals surface area contributed by atoms with Gasteiger partial charge in [-0.2, -0.15) is 0 Å². The first-order chi connectivity index (χ1) is 8.99. The summed E-state index contributed by atoms with van der Waals surface area (Å²) in [5.41, 5.74) is 0.286. The van der Waals surface area contributed by atoms with Gasteiger partial charge in [-0.3, -0.25) is 9.59 Å². The molecule has 0 aliphatic carbocycles. The first-order valence-electron chi connectivity index (χ1n) is 5.49. The molecule has 6 nitrogen and oxygen atoms in total. The lowest BCUT2D eigenvalue weighted by Gasteiger charge is -2.13. The molecule has 2 N–H and O–H groups in total. The summed E-state index contributed by atoms with van der Waals surface area (Å²) in [7, 11) is 1.46. The monoisotopic (exact) mass is 331 g/mol. The van der Waals surface area contributed by atoms with Crippen molar-refractivity contribution in [2.45, 2.75) is 6.92 Å². The smallest absolute Gasteiger partial charge is 0.322 e. The molecule has 1 rings (SSSR count). The fourth-order valence-electron chi connectivity index (χ4n) is 1.39. The van der Waals surface area contributed by atoms with Crippen molar-refractivity contribution < 1.29 is 24.2 Å². The lowest BCUT2D eigenvalue weighted by molar-refractivity contribution is -0.135. The Hall–Kier alpha value is -1.76. The first-order valence-corrected chi connectivity index (χ1v) is 6.29. The van der Waals surface area contributed by atoms with E-state index in [2.05, 4.69) is 21.2 Å². The van der Waals surface area contributed by atoms with E-state index in [-0.39, 0.29) is 5.56 Å². The van der Waals surface area contributed by atoms with Crippen molar-refractivity contribution in [2.24, 2.45) is 0 Å². The number of ether oxygens (including phenoxy) is 2. The van der Waals surface area contributed by atoms with Crippen LogP contribution in [0.2, 0.25) is 0 Å². The van der Waals surface area contributed by atoms with E-state index < -0.39 is 18.4 Å². The van der Waals surface area contributed by atoms with Crippen molar-refractivity contribution in [2.75, 3.05) is 20.3 Å². The topological polar surface area (TPSA) is 84.9 Å². The van der Waals surface area contributed by atoms with E-state index in [9.17, 15) is 9.59 Å². The minimum Gasteiger partial charge on any atom is -0.493 e. The highest BCUT2D eigenvalue weighted by molar-refractivity contribution is 9.10. The SMILES string of the molecule is CCOc1c(Br)cc(C(=O)NCC(=O)O)cc1OC. The summed E-state index contributed by atoms with van der Waals surface area (Å²) in [6, 6.07) is 3.04. The average Bonchev–Trinajstić information content (AvgIpc) is 2.38. The van der Waals surface area contributed by atoms with Crippen LogP contribution < -0.4 is 14.8 Å². The molecule has 1 amide bonds. The fourth-order valence-corrected chi connectivity index (χ4v) is 1.95. The number of carbonyl (C=O) groups excluding carboxylic acids is 1. The molecule has 0 radical (unpaired) electrons. The summed E-state index contributed by atoms with van der Waals surface area (Å²) >= 11 is 3.29. The molecule has 0 aliphatic heterocycles. The number of benzene rings is 1. The Morgan fingerprint density at radius 2 is 2.11 bits per heavy atom. The van der Waals surface area contributed by atoms with Crippen LogP contribution in [0.4, 0.5) is 0 Å². The normalized spacial score (nSPS) is 9.84. The number of halogens is 1. The highest BCUT2D eigenvalue weighted by atomic mass is 79.9. The zero-order valence-corrected chi connectivity index (χ0v) is 12.1. The molecule has 0 atom stereocenters. The van der Waals surface area contributed by atoms with Crippen LogP contribution in [-0.4, -0.2) is 37.2 Å². The van der Waals surface area contributed by atoms with Crippen molar-refractivity contribution in [3.05, 3.63) is 22.2 Å². The number of hydrogen-bond donors (Lipinski definition) is 2. The van der Waals surface area contributed by atoms with Crippen molar-refractivity contribution in [1.29, 1.82) is 0 Å². The molecule has 0 bridgehead atoms. The molecular formula is C12H14BrNO5. The molecule has 7 heteroatoms. The van der Waals surface area contributed by atoms with Gasteiger partial charge in [-0.15, -0.1) is 0 Å². The molecule has 0 aliphatic rings. The number of aliphatic carboxylic acids is 1. The molecule has 0 saturated carbocycles. The van der Waals surface area contributed by atoms with Crippen molar-refractivity contribution in [3.8, 4) is 11.5 Å². The number of methoxy groups -OCH3 is 1. The van der Waals surface area contributed by atoms with Crippen molar-refractivity contribution >= 4 is 27.8 Å². The van der Waals surface area contributed by atoms with Gasteiger partial charge in [-0.05, 0) is 35.0 Å². The predicted molar refractivity (Wildman–Crippen MR) is 71.8 cm³/mol. The Morgan fingerprint density at radius 3 is 2.63 bits per heavy atom. The minimum absolute atomic E-state index is 0.286. The van der Waals surface area contributed by atoms with Crippen LogP contribution in [0.1, 0.15) is 17.3 Å². The van der Waals surface area contributed by atoms with E-state index >= 15 is 0 Å². The second-order valence-electron chi connectivity index (χ2n) is 3.50. The highest BCUT2D eigenvalue weighted by Gasteiger charge is 2.15. The molecule has 19 heavy (non-hydrogen) atoms. The van der Waals surface area contributed by atoms with Gasteiger partial charge >= 0.3 is 5.97 Å². The molecule has 104 valence electrons. The molecular weight excluding hydrogens is 318 g/mol. The van der Waals surface area contributed by atoms with E-state index in [1.54, 1.807) is 6.07 Å². The van der Waals surface area contributed by atoms with Gasteiger partial charge in [-0.25, -0.2) is 0 Å². The number of carboxylic acids is 1. The van der Waals surface area contributed by atoms with Crippen LogP contribution in [0.15, 0.2) is 16.6 Å². The molecule has 1 aromatic rings. The van der Waals surface area contributed by atoms with Gasteiger partial charge in [0.25, 0.3) is 5.91 Å². The quantitative estimate of drug-likeness (QED) is 0.828. The van der Waals surface area contributed by atoms with Crippen LogP contribution in [0, 0.1) is 0 Å². The van der Waals surface area contributed by atoms with Crippen LogP contribution in [0.3, 0.4) is 0 Å². The number of carbonyl (C=O) groups is 2. The summed E-state index contributed by atoms with van der Waals surface area (Å²) in [6.45, 7) is 1.85. The summed E-state index contributed by atoms with van der Waals surface area (Å²) in [4.78, 5) is 22.1. The van der Waals surface area contributed by atoms with E-state index in [0.29, 0.717) is 22.6 Å². The number of carboxylic acid groups (broad SMARTS) is 1. The average molecular weight is 332 g/mol. The third kappa shape index (κ3) is 4.13. The van der Waals surface area contributed by atoms with Gasteiger partial charge in [0.1, 0.15) is 6.54 Å². The molecule has 0 aromatic heterocycles. The first kappa shape index (κ1) is 15.3. The van der Waals surface area contributed by atoms with E-state index in [0.717, 1.165) is 0 Å². The highest BCUT2D eigenvalue weighted by Crippen LogP contribution is 2.36. The molecule has 0 fully saturated rings. The second-order valence-corrected chi connectivity index (χ2v) is 4.35.